The van der Waals surface area contributed by atoms with E-state index in [4.69, 9.17) is 4.74 Å². The predicted molar refractivity (Wildman–Crippen MR) is 117 cm³/mol. The Hall–Kier alpha value is -3.28. The van der Waals surface area contributed by atoms with Gasteiger partial charge in [-0.2, -0.15) is 0 Å². The fourth-order valence-corrected chi connectivity index (χ4v) is 3.02. The van der Waals surface area contributed by atoms with Crippen molar-refractivity contribution in [2.45, 2.75) is 33.0 Å². The second-order valence-corrected chi connectivity index (χ2v) is 7.06. The number of nitrogens with zero attached hydrogens (tertiary/aromatic N) is 3. The van der Waals surface area contributed by atoms with E-state index < -0.39 is 0 Å². The highest BCUT2D eigenvalue weighted by Crippen LogP contribution is 2.17. The number of rotatable bonds is 8. The van der Waals surface area contributed by atoms with Crippen LogP contribution in [0.5, 0.6) is 5.75 Å². The van der Waals surface area contributed by atoms with Gasteiger partial charge in [0, 0.05) is 32.5 Å². The number of ether oxygens (including phenoxy) is 1. The number of guanidine groups is 1. The number of imidazole rings is 1. The van der Waals surface area contributed by atoms with Crippen molar-refractivity contribution in [2.24, 2.45) is 4.99 Å². The zero-order valence-electron chi connectivity index (χ0n) is 17.3. The van der Waals surface area contributed by atoms with Crippen LogP contribution in [0.3, 0.4) is 0 Å². The van der Waals surface area contributed by atoms with Crippen molar-refractivity contribution >= 4 is 5.96 Å². The number of benzene rings is 2. The molecule has 1 unspecified atom stereocenters. The Morgan fingerprint density at radius 3 is 2.72 bits per heavy atom. The average molecular weight is 392 g/mol. The number of hydrogen-bond acceptors (Lipinski definition) is 3. The van der Waals surface area contributed by atoms with Crippen LogP contribution in [-0.2, 0) is 13.1 Å². The van der Waals surface area contributed by atoms with Gasteiger partial charge in [0.25, 0.3) is 0 Å². The van der Waals surface area contributed by atoms with Gasteiger partial charge in [-0.15, -0.1) is 0 Å². The molecular formula is C23H29N5O. The molecule has 0 bridgehead atoms. The summed E-state index contributed by atoms with van der Waals surface area (Å²) < 4.78 is 8.07. The molecule has 3 rings (SSSR count). The molecular weight excluding hydrogens is 362 g/mol. The molecule has 3 aromatic rings. The average Bonchev–Trinajstić information content (AvgIpc) is 3.23. The van der Waals surface area contributed by atoms with Crippen molar-refractivity contribution in [3.63, 3.8) is 0 Å². The topological polar surface area (TPSA) is 63.5 Å². The second-order valence-electron chi connectivity index (χ2n) is 7.06. The van der Waals surface area contributed by atoms with Crippen molar-refractivity contribution in [2.75, 3.05) is 13.6 Å². The van der Waals surface area contributed by atoms with Crippen LogP contribution in [0.2, 0.25) is 0 Å². The first-order valence-electron chi connectivity index (χ1n) is 9.84. The zero-order valence-corrected chi connectivity index (χ0v) is 17.3. The normalized spacial score (nSPS) is 12.4. The number of hydrogen-bond donors (Lipinski definition) is 2. The Labute approximate surface area is 172 Å². The molecule has 0 fully saturated rings. The fraction of sp³-hybridized carbons (Fsp3) is 0.304. The van der Waals surface area contributed by atoms with E-state index in [0.29, 0.717) is 13.1 Å². The summed E-state index contributed by atoms with van der Waals surface area (Å²) in [6.45, 7) is 6.27. The van der Waals surface area contributed by atoms with Gasteiger partial charge < -0.3 is 19.9 Å². The third kappa shape index (κ3) is 6.38. The van der Waals surface area contributed by atoms with Gasteiger partial charge in [0.1, 0.15) is 11.9 Å². The lowest BCUT2D eigenvalue weighted by Crippen LogP contribution is -2.41. The Balaban J connectivity index is 1.47. The summed E-state index contributed by atoms with van der Waals surface area (Å²) >= 11 is 0. The summed E-state index contributed by atoms with van der Waals surface area (Å²) in [5.74, 6) is 1.67. The van der Waals surface area contributed by atoms with Crippen molar-refractivity contribution in [1.82, 2.24) is 20.2 Å². The second kappa shape index (κ2) is 10.3. The standard InChI is InChI=1S/C23H29N5O/c1-18-7-4-5-10-22(18)29-19(2)14-26-23(24-3)27-15-20-8-6-9-21(13-20)16-28-12-11-25-17-28/h4-13,17,19H,14-16H2,1-3H3,(H2,24,26,27). The molecule has 1 atom stereocenters. The molecule has 152 valence electrons. The molecule has 1 heterocycles. The third-order valence-electron chi connectivity index (χ3n) is 4.58. The van der Waals surface area contributed by atoms with Gasteiger partial charge in [0.15, 0.2) is 5.96 Å². The molecule has 0 spiro atoms. The molecule has 0 amide bonds. The van der Waals surface area contributed by atoms with Crippen molar-refractivity contribution in [3.05, 3.63) is 83.9 Å². The smallest absolute Gasteiger partial charge is 0.191 e. The minimum Gasteiger partial charge on any atom is -0.489 e. The lowest BCUT2D eigenvalue weighted by atomic mass is 10.1. The molecule has 0 radical (unpaired) electrons. The van der Waals surface area contributed by atoms with Crippen LogP contribution in [0.25, 0.3) is 0 Å². The van der Waals surface area contributed by atoms with Crippen LogP contribution in [0.1, 0.15) is 23.6 Å². The molecule has 1 aromatic heterocycles. The Morgan fingerprint density at radius 2 is 1.97 bits per heavy atom. The van der Waals surface area contributed by atoms with Gasteiger partial charge in [-0.05, 0) is 36.6 Å². The van der Waals surface area contributed by atoms with Crippen molar-refractivity contribution in [1.29, 1.82) is 0 Å². The van der Waals surface area contributed by atoms with Gasteiger partial charge in [-0.25, -0.2) is 4.98 Å². The monoisotopic (exact) mass is 391 g/mol. The van der Waals surface area contributed by atoms with Gasteiger partial charge >= 0.3 is 0 Å². The maximum Gasteiger partial charge on any atom is 0.191 e. The molecule has 29 heavy (non-hydrogen) atoms. The van der Waals surface area contributed by atoms with E-state index >= 15 is 0 Å². The Bertz CT molecular complexity index is 921. The Kier molecular flexibility index (Phi) is 7.28. The number of aromatic nitrogens is 2. The minimum atomic E-state index is 0.0214. The van der Waals surface area contributed by atoms with Gasteiger partial charge in [-0.3, -0.25) is 4.99 Å². The highest BCUT2D eigenvalue weighted by atomic mass is 16.5. The minimum absolute atomic E-state index is 0.0214. The molecule has 0 aliphatic heterocycles. The summed E-state index contributed by atoms with van der Waals surface area (Å²) in [6, 6.07) is 16.6. The molecule has 0 saturated heterocycles. The van der Waals surface area contributed by atoms with E-state index in [1.54, 1.807) is 13.2 Å². The lowest BCUT2D eigenvalue weighted by molar-refractivity contribution is 0.222. The van der Waals surface area contributed by atoms with Crippen LogP contribution in [0, 0.1) is 6.92 Å². The zero-order chi connectivity index (χ0) is 20.5. The maximum absolute atomic E-state index is 6.02. The molecule has 0 saturated carbocycles. The number of nitrogens with one attached hydrogen (secondary N) is 2. The summed E-state index contributed by atoms with van der Waals surface area (Å²) in [5, 5.41) is 6.70. The molecule has 0 aliphatic rings. The highest BCUT2D eigenvalue weighted by molar-refractivity contribution is 5.79. The fourth-order valence-electron chi connectivity index (χ4n) is 3.02. The highest BCUT2D eigenvalue weighted by Gasteiger charge is 2.07. The van der Waals surface area contributed by atoms with Crippen LogP contribution >= 0.6 is 0 Å². The summed E-state index contributed by atoms with van der Waals surface area (Å²) in [5.41, 5.74) is 3.58. The van der Waals surface area contributed by atoms with Gasteiger partial charge in [-0.1, -0.05) is 42.5 Å². The van der Waals surface area contributed by atoms with Crippen LogP contribution < -0.4 is 15.4 Å². The van der Waals surface area contributed by atoms with E-state index in [0.717, 1.165) is 23.8 Å². The van der Waals surface area contributed by atoms with E-state index in [1.165, 1.54) is 11.1 Å². The Morgan fingerprint density at radius 1 is 1.14 bits per heavy atom. The lowest BCUT2D eigenvalue weighted by Gasteiger charge is -2.19. The third-order valence-corrected chi connectivity index (χ3v) is 4.58. The van der Waals surface area contributed by atoms with Gasteiger partial charge in [0.2, 0.25) is 0 Å². The van der Waals surface area contributed by atoms with Crippen LogP contribution in [-0.4, -0.2) is 35.2 Å². The SMILES string of the molecule is CN=C(NCc1cccc(Cn2ccnc2)c1)NCC(C)Oc1ccccc1C. The van der Waals surface area contributed by atoms with E-state index in [-0.39, 0.29) is 6.10 Å². The van der Waals surface area contributed by atoms with E-state index in [2.05, 4.69) is 62.4 Å². The van der Waals surface area contributed by atoms with Gasteiger partial charge in [0.05, 0.1) is 12.9 Å². The summed E-state index contributed by atoms with van der Waals surface area (Å²) in [7, 11) is 1.78. The van der Waals surface area contributed by atoms with E-state index in [9.17, 15) is 0 Å². The van der Waals surface area contributed by atoms with Crippen LogP contribution in [0.4, 0.5) is 0 Å². The predicted octanol–water partition coefficient (Wildman–Crippen LogP) is 3.37. The van der Waals surface area contributed by atoms with Crippen molar-refractivity contribution in [3.8, 4) is 5.75 Å². The van der Waals surface area contributed by atoms with Crippen LogP contribution in [0.15, 0.2) is 72.2 Å². The quantitative estimate of drug-likeness (QED) is 0.456. The van der Waals surface area contributed by atoms with E-state index in [1.807, 2.05) is 37.6 Å². The maximum atomic E-state index is 6.02. The molecule has 2 N–H and O–H groups in total. The summed E-state index contributed by atoms with van der Waals surface area (Å²) in [4.78, 5) is 8.40. The molecule has 6 nitrogen and oxygen atoms in total. The largest absolute Gasteiger partial charge is 0.489 e. The first-order valence-corrected chi connectivity index (χ1v) is 9.84. The first kappa shape index (κ1) is 20.5. The summed E-state index contributed by atoms with van der Waals surface area (Å²) in [6.07, 6.45) is 5.62. The molecule has 0 aliphatic carbocycles. The first-order chi connectivity index (χ1) is 14.1. The number of para-hydroxylation sites is 1. The number of aryl methyl sites for hydroxylation is 1. The number of aliphatic imine (C=N–C) groups is 1. The molecule has 2 aromatic carbocycles. The van der Waals surface area contributed by atoms with Crippen molar-refractivity contribution < 1.29 is 4.74 Å². The molecule has 6 heteroatoms.